The van der Waals surface area contributed by atoms with Gasteiger partial charge in [-0.25, -0.2) is 9.78 Å². The first-order valence-corrected chi connectivity index (χ1v) is 9.47. The fourth-order valence-corrected chi connectivity index (χ4v) is 3.46. The standard InChI is InChI=1S/C19H19Cl2N5O/c1-12-2-5-16-17(10-12)24-18(23-16)25-6-8-26(9-7-25)19(27)22-13-3-4-14(20)15(21)11-13/h2-5,10-11H,6-9H2,1H3,(H,22,27)(H,23,24). The molecule has 8 heteroatoms. The number of carbonyl (C=O) groups is 1. The molecule has 0 unspecified atom stereocenters. The van der Waals surface area contributed by atoms with Gasteiger partial charge in [0.05, 0.1) is 21.1 Å². The van der Waals surface area contributed by atoms with Gasteiger partial charge in [-0.2, -0.15) is 0 Å². The van der Waals surface area contributed by atoms with E-state index in [1.165, 1.54) is 5.56 Å². The van der Waals surface area contributed by atoms with Crippen LogP contribution in [-0.2, 0) is 0 Å². The molecule has 0 radical (unpaired) electrons. The summed E-state index contributed by atoms with van der Waals surface area (Å²) in [4.78, 5) is 24.5. The van der Waals surface area contributed by atoms with Gasteiger partial charge in [-0.3, -0.25) is 0 Å². The predicted octanol–water partition coefficient (Wildman–Crippen LogP) is 4.53. The number of aryl methyl sites for hydroxylation is 1. The normalized spacial score (nSPS) is 14.6. The van der Waals surface area contributed by atoms with Crippen molar-refractivity contribution in [3.63, 3.8) is 0 Å². The Hall–Kier alpha value is -2.44. The van der Waals surface area contributed by atoms with Crippen molar-refractivity contribution in [2.24, 2.45) is 0 Å². The van der Waals surface area contributed by atoms with Crippen molar-refractivity contribution in [2.75, 3.05) is 36.4 Å². The van der Waals surface area contributed by atoms with E-state index < -0.39 is 0 Å². The molecule has 140 valence electrons. The number of imidazole rings is 1. The Labute approximate surface area is 167 Å². The summed E-state index contributed by atoms with van der Waals surface area (Å²) in [6.07, 6.45) is 0. The minimum atomic E-state index is -0.145. The number of nitrogens with zero attached hydrogens (tertiary/aromatic N) is 3. The van der Waals surface area contributed by atoms with E-state index in [1.54, 1.807) is 23.1 Å². The Kier molecular flexibility index (Phi) is 4.85. The number of nitrogens with one attached hydrogen (secondary N) is 2. The highest BCUT2D eigenvalue weighted by molar-refractivity contribution is 6.42. The number of aromatic amines is 1. The molecule has 0 saturated carbocycles. The first-order valence-electron chi connectivity index (χ1n) is 8.72. The number of piperazine rings is 1. The van der Waals surface area contributed by atoms with Gasteiger partial charge in [-0.1, -0.05) is 29.3 Å². The SMILES string of the molecule is Cc1ccc2nc(N3CCN(C(=O)Nc4ccc(Cl)c(Cl)c4)CC3)[nH]c2c1. The Morgan fingerprint density at radius 2 is 1.85 bits per heavy atom. The molecule has 1 saturated heterocycles. The lowest BCUT2D eigenvalue weighted by molar-refractivity contribution is 0.208. The zero-order valence-electron chi connectivity index (χ0n) is 14.8. The van der Waals surface area contributed by atoms with E-state index in [1.807, 2.05) is 6.07 Å². The van der Waals surface area contributed by atoms with Crippen LogP contribution >= 0.6 is 23.2 Å². The number of H-pyrrole nitrogens is 1. The van der Waals surface area contributed by atoms with Gasteiger partial charge < -0.3 is 20.1 Å². The van der Waals surface area contributed by atoms with Crippen LogP contribution in [-0.4, -0.2) is 47.1 Å². The van der Waals surface area contributed by atoms with Crippen LogP contribution in [0.5, 0.6) is 0 Å². The van der Waals surface area contributed by atoms with Crippen molar-refractivity contribution in [2.45, 2.75) is 6.92 Å². The molecule has 0 atom stereocenters. The second-order valence-corrected chi connectivity index (χ2v) is 7.43. The van der Waals surface area contributed by atoms with E-state index in [0.717, 1.165) is 17.0 Å². The van der Waals surface area contributed by atoms with E-state index in [9.17, 15) is 4.79 Å². The lowest BCUT2D eigenvalue weighted by Crippen LogP contribution is -2.50. The van der Waals surface area contributed by atoms with E-state index in [-0.39, 0.29) is 6.03 Å². The first-order chi connectivity index (χ1) is 13.0. The molecule has 2 N–H and O–H groups in total. The lowest BCUT2D eigenvalue weighted by Gasteiger charge is -2.34. The second kappa shape index (κ2) is 7.29. The van der Waals surface area contributed by atoms with E-state index >= 15 is 0 Å². The number of hydrogen-bond donors (Lipinski definition) is 2. The molecule has 2 amide bonds. The molecule has 27 heavy (non-hydrogen) atoms. The van der Waals surface area contributed by atoms with Gasteiger partial charge in [0.1, 0.15) is 0 Å². The average molecular weight is 404 g/mol. The lowest BCUT2D eigenvalue weighted by atomic mass is 10.2. The summed E-state index contributed by atoms with van der Waals surface area (Å²) in [5, 5.41) is 3.74. The van der Waals surface area contributed by atoms with Crippen LogP contribution in [0.3, 0.4) is 0 Å². The van der Waals surface area contributed by atoms with E-state index in [4.69, 9.17) is 23.2 Å². The topological polar surface area (TPSA) is 64.3 Å². The van der Waals surface area contributed by atoms with Crippen LogP contribution in [0.25, 0.3) is 11.0 Å². The van der Waals surface area contributed by atoms with Crippen LogP contribution in [0.4, 0.5) is 16.4 Å². The summed E-state index contributed by atoms with van der Waals surface area (Å²) in [5.74, 6) is 0.847. The van der Waals surface area contributed by atoms with E-state index in [0.29, 0.717) is 41.9 Å². The first kappa shape index (κ1) is 17.9. The Balaban J connectivity index is 1.38. The zero-order valence-corrected chi connectivity index (χ0v) is 16.3. The molecule has 6 nitrogen and oxygen atoms in total. The molecule has 2 heterocycles. The highest BCUT2D eigenvalue weighted by atomic mass is 35.5. The number of halogens is 2. The molecule has 3 aromatic rings. The zero-order chi connectivity index (χ0) is 19.0. The average Bonchev–Trinajstić information content (AvgIpc) is 3.08. The molecule has 1 aromatic heterocycles. The van der Waals surface area contributed by atoms with Crippen LogP contribution in [0, 0.1) is 6.92 Å². The third-order valence-corrected chi connectivity index (χ3v) is 5.40. The molecule has 0 bridgehead atoms. The third kappa shape index (κ3) is 3.82. The summed E-state index contributed by atoms with van der Waals surface area (Å²) in [7, 11) is 0. The maximum Gasteiger partial charge on any atom is 0.321 e. The van der Waals surface area contributed by atoms with Crippen molar-refractivity contribution >= 4 is 51.9 Å². The summed E-state index contributed by atoms with van der Waals surface area (Å²) >= 11 is 11.9. The smallest absolute Gasteiger partial charge is 0.321 e. The molecule has 2 aromatic carbocycles. The molecule has 1 aliphatic heterocycles. The molecule has 0 aliphatic carbocycles. The Bertz CT molecular complexity index is 995. The van der Waals surface area contributed by atoms with Gasteiger partial charge in [0.2, 0.25) is 5.95 Å². The van der Waals surface area contributed by atoms with Crippen molar-refractivity contribution < 1.29 is 4.79 Å². The Morgan fingerprint density at radius 1 is 1.07 bits per heavy atom. The van der Waals surface area contributed by atoms with Gasteiger partial charge >= 0.3 is 6.03 Å². The summed E-state index contributed by atoms with van der Waals surface area (Å²) < 4.78 is 0. The highest BCUT2D eigenvalue weighted by Crippen LogP contribution is 2.25. The van der Waals surface area contributed by atoms with Crippen LogP contribution in [0.2, 0.25) is 10.0 Å². The summed E-state index contributed by atoms with van der Waals surface area (Å²) in [6, 6.07) is 11.1. The number of hydrogen-bond acceptors (Lipinski definition) is 3. The minimum Gasteiger partial charge on any atom is -0.339 e. The molecular formula is C19H19Cl2N5O. The van der Waals surface area contributed by atoms with Gasteiger partial charge in [-0.05, 0) is 42.8 Å². The predicted molar refractivity (Wildman–Crippen MR) is 110 cm³/mol. The van der Waals surface area contributed by atoms with E-state index in [2.05, 4.69) is 39.2 Å². The molecule has 0 spiro atoms. The molecule has 1 fully saturated rings. The number of carbonyl (C=O) groups excluding carboxylic acids is 1. The van der Waals surface area contributed by atoms with Crippen LogP contribution in [0.1, 0.15) is 5.56 Å². The van der Waals surface area contributed by atoms with Gasteiger partial charge in [0.25, 0.3) is 0 Å². The monoisotopic (exact) mass is 403 g/mol. The maximum atomic E-state index is 12.5. The number of anilines is 2. The van der Waals surface area contributed by atoms with Crippen molar-refractivity contribution in [3.8, 4) is 0 Å². The van der Waals surface area contributed by atoms with Crippen LogP contribution < -0.4 is 10.2 Å². The number of amides is 2. The minimum absolute atomic E-state index is 0.145. The highest BCUT2D eigenvalue weighted by Gasteiger charge is 2.23. The number of aromatic nitrogens is 2. The van der Waals surface area contributed by atoms with Crippen molar-refractivity contribution in [3.05, 3.63) is 52.0 Å². The number of benzene rings is 2. The third-order valence-electron chi connectivity index (χ3n) is 4.66. The quantitative estimate of drug-likeness (QED) is 0.660. The van der Waals surface area contributed by atoms with Gasteiger partial charge in [0, 0.05) is 31.9 Å². The number of fused-ring (bicyclic) bond motifs is 1. The van der Waals surface area contributed by atoms with Gasteiger partial charge in [-0.15, -0.1) is 0 Å². The largest absolute Gasteiger partial charge is 0.339 e. The van der Waals surface area contributed by atoms with Gasteiger partial charge in [0.15, 0.2) is 0 Å². The summed E-state index contributed by atoms with van der Waals surface area (Å²) in [6.45, 7) is 4.72. The van der Waals surface area contributed by atoms with Crippen molar-refractivity contribution in [1.82, 2.24) is 14.9 Å². The second-order valence-electron chi connectivity index (χ2n) is 6.61. The fourth-order valence-electron chi connectivity index (χ4n) is 3.16. The summed E-state index contributed by atoms with van der Waals surface area (Å²) in [5.41, 5.74) is 3.81. The fraction of sp³-hybridized carbons (Fsp3) is 0.263. The molecular weight excluding hydrogens is 385 g/mol. The molecule has 4 rings (SSSR count). The van der Waals surface area contributed by atoms with Crippen molar-refractivity contribution in [1.29, 1.82) is 0 Å². The Morgan fingerprint density at radius 3 is 2.59 bits per heavy atom. The van der Waals surface area contributed by atoms with Crippen LogP contribution in [0.15, 0.2) is 36.4 Å². The number of rotatable bonds is 2. The maximum absolute atomic E-state index is 12.5. The number of urea groups is 1. The molecule has 1 aliphatic rings.